The molecule has 0 aliphatic heterocycles. The van der Waals surface area contributed by atoms with Crippen LogP contribution in [0.1, 0.15) is 17.2 Å². The lowest BCUT2D eigenvalue weighted by Gasteiger charge is -2.18. The summed E-state index contributed by atoms with van der Waals surface area (Å²) in [7, 11) is 1.88. The Morgan fingerprint density at radius 1 is 1.29 bits per heavy atom. The van der Waals surface area contributed by atoms with Crippen molar-refractivity contribution in [1.29, 1.82) is 0 Å². The molecule has 0 bridgehead atoms. The van der Waals surface area contributed by atoms with Gasteiger partial charge >= 0.3 is 0 Å². The molecular weight excluding hydrogens is 302 g/mol. The third-order valence-corrected chi connectivity index (χ3v) is 3.31. The summed E-state index contributed by atoms with van der Waals surface area (Å²) >= 11 is 9.67. The van der Waals surface area contributed by atoms with Gasteiger partial charge in [-0.15, -0.1) is 0 Å². The summed E-state index contributed by atoms with van der Waals surface area (Å²) in [6.45, 7) is 0. The van der Waals surface area contributed by atoms with Crippen LogP contribution in [0.25, 0.3) is 0 Å². The molecule has 0 aliphatic rings. The highest BCUT2D eigenvalue weighted by Gasteiger charge is 2.15. The Labute approximate surface area is 113 Å². The maximum Gasteiger partial charge on any atom is 0.115 e. The Balaban J connectivity index is 2.46. The van der Waals surface area contributed by atoms with Crippen molar-refractivity contribution in [2.24, 2.45) is 0 Å². The number of nitrogens with one attached hydrogen (secondary N) is 1. The maximum absolute atomic E-state index is 6.22. The number of halogens is 2. The van der Waals surface area contributed by atoms with Crippen molar-refractivity contribution in [1.82, 2.24) is 15.3 Å². The second-order valence-corrected chi connectivity index (χ2v) is 4.88. The van der Waals surface area contributed by atoms with Gasteiger partial charge in [0.1, 0.15) is 6.33 Å². The van der Waals surface area contributed by atoms with Gasteiger partial charge in [0.15, 0.2) is 0 Å². The van der Waals surface area contributed by atoms with Crippen LogP contribution in [0.15, 0.2) is 41.4 Å². The molecule has 1 unspecified atom stereocenters. The Hall–Kier alpha value is -0.970. The first kappa shape index (κ1) is 12.5. The monoisotopic (exact) mass is 311 g/mol. The zero-order chi connectivity index (χ0) is 12.3. The maximum atomic E-state index is 6.22. The molecule has 1 heterocycles. The topological polar surface area (TPSA) is 37.8 Å². The zero-order valence-corrected chi connectivity index (χ0v) is 11.5. The number of rotatable bonds is 3. The van der Waals surface area contributed by atoms with Crippen LogP contribution in [0.2, 0.25) is 5.02 Å². The molecule has 0 spiro atoms. The first-order valence-corrected chi connectivity index (χ1v) is 6.26. The lowest BCUT2D eigenvalue weighted by atomic mass is 10.0. The van der Waals surface area contributed by atoms with E-state index in [1.165, 1.54) is 6.33 Å². The van der Waals surface area contributed by atoms with Crippen LogP contribution in [0.4, 0.5) is 0 Å². The van der Waals surface area contributed by atoms with Crippen LogP contribution in [0.3, 0.4) is 0 Å². The van der Waals surface area contributed by atoms with Crippen LogP contribution >= 0.6 is 27.5 Å². The zero-order valence-electron chi connectivity index (χ0n) is 9.19. The van der Waals surface area contributed by atoms with Crippen molar-refractivity contribution in [3.63, 3.8) is 0 Å². The molecule has 1 atom stereocenters. The molecule has 2 rings (SSSR count). The predicted octanol–water partition coefficient (Wildman–Crippen LogP) is 3.20. The van der Waals surface area contributed by atoms with E-state index in [2.05, 4.69) is 31.2 Å². The molecule has 1 N–H and O–H groups in total. The summed E-state index contributed by atoms with van der Waals surface area (Å²) < 4.78 is 0.994. The molecule has 0 fully saturated rings. The molecule has 0 saturated carbocycles. The first-order chi connectivity index (χ1) is 8.22. The van der Waals surface area contributed by atoms with E-state index in [9.17, 15) is 0 Å². The lowest BCUT2D eigenvalue weighted by Crippen LogP contribution is -2.18. The van der Waals surface area contributed by atoms with E-state index in [-0.39, 0.29) is 6.04 Å². The van der Waals surface area contributed by atoms with Crippen LogP contribution < -0.4 is 5.32 Å². The van der Waals surface area contributed by atoms with Crippen molar-refractivity contribution in [2.45, 2.75) is 6.04 Å². The van der Waals surface area contributed by atoms with Crippen LogP contribution in [-0.4, -0.2) is 17.0 Å². The van der Waals surface area contributed by atoms with E-state index < -0.39 is 0 Å². The van der Waals surface area contributed by atoms with E-state index in [1.807, 2.05) is 25.2 Å². The summed E-state index contributed by atoms with van der Waals surface area (Å²) in [6, 6.07) is 5.77. The quantitative estimate of drug-likeness (QED) is 0.946. The molecule has 0 amide bonds. The highest BCUT2D eigenvalue weighted by molar-refractivity contribution is 9.10. The fraction of sp³-hybridized carbons (Fsp3) is 0.167. The van der Waals surface area contributed by atoms with Crippen LogP contribution in [0, 0.1) is 0 Å². The minimum Gasteiger partial charge on any atom is -0.309 e. The minimum atomic E-state index is -0.0128. The van der Waals surface area contributed by atoms with E-state index in [0.717, 1.165) is 20.6 Å². The van der Waals surface area contributed by atoms with Gasteiger partial charge in [-0.05, 0) is 30.8 Å². The molecule has 5 heteroatoms. The van der Waals surface area contributed by atoms with Crippen LogP contribution in [0.5, 0.6) is 0 Å². The van der Waals surface area contributed by atoms with Gasteiger partial charge in [0, 0.05) is 27.5 Å². The van der Waals surface area contributed by atoms with Crippen molar-refractivity contribution in [3.8, 4) is 0 Å². The Morgan fingerprint density at radius 2 is 2.00 bits per heavy atom. The Bertz CT molecular complexity index is 504. The molecule has 17 heavy (non-hydrogen) atoms. The molecule has 3 nitrogen and oxygen atoms in total. The number of nitrogens with zero attached hydrogens (tertiary/aromatic N) is 2. The number of hydrogen-bond acceptors (Lipinski definition) is 3. The van der Waals surface area contributed by atoms with E-state index in [1.54, 1.807) is 12.4 Å². The van der Waals surface area contributed by atoms with Gasteiger partial charge in [0.2, 0.25) is 0 Å². The van der Waals surface area contributed by atoms with Gasteiger partial charge in [-0.25, -0.2) is 9.97 Å². The smallest absolute Gasteiger partial charge is 0.115 e. The average molecular weight is 313 g/mol. The number of benzene rings is 1. The van der Waals surface area contributed by atoms with Crippen molar-refractivity contribution < 1.29 is 0 Å². The summed E-state index contributed by atoms with van der Waals surface area (Å²) in [5, 5.41) is 3.94. The van der Waals surface area contributed by atoms with Gasteiger partial charge in [0.05, 0.1) is 6.04 Å². The minimum absolute atomic E-state index is 0.0128. The van der Waals surface area contributed by atoms with Gasteiger partial charge in [-0.3, -0.25) is 0 Å². The SMILES string of the molecule is CNC(c1cncnc1)c1cc(Br)ccc1Cl. The fourth-order valence-electron chi connectivity index (χ4n) is 1.70. The number of aromatic nitrogens is 2. The van der Waals surface area contributed by atoms with Gasteiger partial charge < -0.3 is 5.32 Å². The normalized spacial score (nSPS) is 12.4. The lowest BCUT2D eigenvalue weighted by molar-refractivity contribution is 0.684. The largest absolute Gasteiger partial charge is 0.309 e. The van der Waals surface area contributed by atoms with E-state index in [4.69, 9.17) is 11.6 Å². The number of hydrogen-bond donors (Lipinski definition) is 1. The summed E-state index contributed by atoms with van der Waals surface area (Å²) in [4.78, 5) is 8.05. The third-order valence-electron chi connectivity index (χ3n) is 2.47. The Kier molecular flexibility index (Phi) is 4.10. The standard InChI is InChI=1S/C12H11BrClN3/c1-15-12(8-5-16-7-17-6-8)10-4-9(13)2-3-11(10)14/h2-7,12,15H,1H3. The molecule has 0 radical (unpaired) electrons. The summed E-state index contributed by atoms with van der Waals surface area (Å²) in [5.74, 6) is 0. The first-order valence-electron chi connectivity index (χ1n) is 5.09. The molecule has 1 aromatic heterocycles. The van der Waals surface area contributed by atoms with E-state index >= 15 is 0 Å². The summed E-state index contributed by atoms with van der Waals surface area (Å²) in [5.41, 5.74) is 1.98. The van der Waals surface area contributed by atoms with Gasteiger partial charge in [-0.1, -0.05) is 27.5 Å². The van der Waals surface area contributed by atoms with Crippen molar-refractivity contribution >= 4 is 27.5 Å². The molecule has 88 valence electrons. The third kappa shape index (κ3) is 2.83. The van der Waals surface area contributed by atoms with Gasteiger partial charge in [-0.2, -0.15) is 0 Å². The average Bonchev–Trinajstić information content (AvgIpc) is 2.36. The molecule has 1 aromatic carbocycles. The molecule has 0 aliphatic carbocycles. The second kappa shape index (κ2) is 5.58. The molecule has 0 saturated heterocycles. The van der Waals surface area contributed by atoms with Crippen molar-refractivity contribution in [3.05, 3.63) is 57.5 Å². The van der Waals surface area contributed by atoms with Crippen LogP contribution in [-0.2, 0) is 0 Å². The highest BCUT2D eigenvalue weighted by Crippen LogP contribution is 2.29. The molecule has 2 aromatic rings. The highest BCUT2D eigenvalue weighted by atomic mass is 79.9. The molecular formula is C12H11BrClN3. The van der Waals surface area contributed by atoms with E-state index in [0.29, 0.717) is 0 Å². The predicted molar refractivity (Wildman–Crippen MR) is 72.1 cm³/mol. The summed E-state index contributed by atoms with van der Waals surface area (Å²) in [6.07, 6.45) is 5.08. The second-order valence-electron chi connectivity index (χ2n) is 3.56. The Morgan fingerprint density at radius 3 is 2.65 bits per heavy atom. The fourth-order valence-corrected chi connectivity index (χ4v) is 2.30. The van der Waals surface area contributed by atoms with Crippen molar-refractivity contribution in [2.75, 3.05) is 7.05 Å². The van der Waals surface area contributed by atoms with Gasteiger partial charge in [0.25, 0.3) is 0 Å².